The van der Waals surface area contributed by atoms with Gasteiger partial charge in [0.15, 0.2) is 6.04 Å². The summed E-state index contributed by atoms with van der Waals surface area (Å²) in [6.07, 6.45) is 0. The molecule has 1 atom stereocenters. The van der Waals surface area contributed by atoms with E-state index in [2.05, 4.69) is 5.32 Å². The minimum Gasteiger partial charge on any atom is -0.490 e. The summed E-state index contributed by atoms with van der Waals surface area (Å²) in [4.78, 5) is 33.1. The topological polar surface area (TPSA) is 119 Å². The maximum Gasteiger partial charge on any atom is 0.329 e. The molecule has 0 saturated heterocycles. The van der Waals surface area contributed by atoms with Crippen LogP contribution in [-0.2, 0) is 9.59 Å². The summed E-state index contributed by atoms with van der Waals surface area (Å²) in [7, 11) is 0. The van der Waals surface area contributed by atoms with E-state index in [1.165, 1.54) is 6.92 Å². The van der Waals surface area contributed by atoms with Gasteiger partial charge in [0.25, 0.3) is 0 Å². The Bertz CT molecular complexity index is 560. The first-order valence-corrected chi connectivity index (χ1v) is 6.26. The van der Waals surface area contributed by atoms with Crippen LogP contribution in [0, 0.1) is 13.8 Å². The van der Waals surface area contributed by atoms with E-state index in [4.69, 9.17) is 15.6 Å². The van der Waals surface area contributed by atoms with Crippen molar-refractivity contribution in [1.82, 2.24) is 5.32 Å². The monoisotopic (exact) mass is 294 g/mol. The third-order valence-electron chi connectivity index (χ3n) is 2.81. The highest BCUT2D eigenvalue weighted by atomic mass is 16.5. The Labute approximate surface area is 122 Å². The van der Waals surface area contributed by atoms with Crippen LogP contribution < -0.4 is 15.8 Å². The number of aliphatic carboxylic acids is 1. The lowest BCUT2D eigenvalue weighted by atomic mass is 10.1. The third kappa shape index (κ3) is 4.48. The van der Waals surface area contributed by atoms with Gasteiger partial charge in [0.05, 0.1) is 0 Å². The SMILES string of the molecule is CC(=O)NC(COc1c(C)cc(C(N)=O)cc1C)C(=O)O. The molecule has 0 saturated carbocycles. The average molecular weight is 294 g/mol. The number of amides is 2. The van der Waals surface area contributed by atoms with Gasteiger partial charge in [-0.3, -0.25) is 9.59 Å². The first kappa shape index (κ1) is 16.5. The number of carboxylic acids is 1. The van der Waals surface area contributed by atoms with Crippen LogP contribution in [0.4, 0.5) is 0 Å². The van der Waals surface area contributed by atoms with E-state index in [-0.39, 0.29) is 6.61 Å². The zero-order valence-electron chi connectivity index (χ0n) is 12.1. The van der Waals surface area contributed by atoms with E-state index < -0.39 is 23.8 Å². The lowest BCUT2D eigenvalue weighted by Gasteiger charge is -2.17. The molecule has 0 bridgehead atoms. The van der Waals surface area contributed by atoms with Crippen molar-refractivity contribution in [2.75, 3.05) is 6.61 Å². The number of primary amides is 1. The maximum atomic E-state index is 11.1. The molecule has 1 aromatic carbocycles. The van der Waals surface area contributed by atoms with Crippen molar-refractivity contribution in [3.05, 3.63) is 28.8 Å². The highest BCUT2D eigenvalue weighted by molar-refractivity contribution is 5.93. The molecule has 0 aliphatic rings. The van der Waals surface area contributed by atoms with Crippen LogP contribution in [0.3, 0.4) is 0 Å². The zero-order valence-corrected chi connectivity index (χ0v) is 12.1. The van der Waals surface area contributed by atoms with Gasteiger partial charge in [-0.1, -0.05) is 0 Å². The van der Waals surface area contributed by atoms with Crippen LogP contribution in [0.25, 0.3) is 0 Å². The Kier molecular flexibility index (Phi) is 5.29. The van der Waals surface area contributed by atoms with Crippen LogP contribution in [0.2, 0.25) is 0 Å². The predicted molar refractivity (Wildman–Crippen MR) is 75.2 cm³/mol. The number of aryl methyl sites for hydroxylation is 2. The van der Waals surface area contributed by atoms with E-state index in [0.717, 1.165) is 0 Å². The fourth-order valence-electron chi connectivity index (χ4n) is 1.91. The molecule has 1 aromatic rings. The van der Waals surface area contributed by atoms with Crippen molar-refractivity contribution in [2.24, 2.45) is 5.73 Å². The summed E-state index contributed by atoms with van der Waals surface area (Å²) in [5.41, 5.74) is 6.89. The number of carbonyl (C=O) groups is 3. The minimum atomic E-state index is -1.19. The second-order valence-corrected chi connectivity index (χ2v) is 4.71. The molecule has 4 N–H and O–H groups in total. The van der Waals surface area contributed by atoms with Gasteiger partial charge in [0.1, 0.15) is 12.4 Å². The number of benzene rings is 1. The molecule has 0 heterocycles. The number of nitrogens with two attached hydrogens (primary N) is 1. The summed E-state index contributed by atoms with van der Waals surface area (Å²) in [6, 6.07) is 2.00. The van der Waals surface area contributed by atoms with Crippen molar-refractivity contribution in [3.63, 3.8) is 0 Å². The Balaban J connectivity index is 2.90. The molecule has 0 fully saturated rings. The van der Waals surface area contributed by atoms with Crippen molar-refractivity contribution in [3.8, 4) is 5.75 Å². The average Bonchev–Trinajstić information content (AvgIpc) is 2.35. The summed E-state index contributed by atoms with van der Waals surface area (Å²) < 4.78 is 5.48. The van der Waals surface area contributed by atoms with E-state index in [1.54, 1.807) is 26.0 Å². The van der Waals surface area contributed by atoms with Gasteiger partial charge in [-0.15, -0.1) is 0 Å². The molecular formula is C14H18N2O5. The minimum absolute atomic E-state index is 0.216. The summed E-state index contributed by atoms with van der Waals surface area (Å²) in [6.45, 7) is 4.46. The number of nitrogens with one attached hydrogen (secondary N) is 1. The molecule has 0 radical (unpaired) electrons. The van der Waals surface area contributed by atoms with Crippen LogP contribution in [0.15, 0.2) is 12.1 Å². The van der Waals surface area contributed by atoms with Crippen molar-refractivity contribution in [1.29, 1.82) is 0 Å². The molecule has 21 heavy (non-hydrogen) atoms. The quantitative estimate of drug-likeness (QED) is 0.700. The first-order chi connectivity index (χ1) is 9.72. The molecule has 0 aliphatic heterocycles. The maximum absolute atomic E-state index is 11.1. The van der Waals surface area contributed by atoms with Crippen molar-refractivity contribution < 1.29 is 24.2 Å². The van der Waals surface area contributed by atoms with Gasteiger partial charge < -0.3 is 20.9 Å². The van der Waals surface area contributed by atoms with Gasteiger partial charge in [0, 0.05) is 12.5 Å². The number of carboxylic acid groups (broad SMARTS) is 1. The number of hydrogen-bond acceptors (Lipinski definition) is 4. The normalized spacial score (nSPS) is 11.6. The van der Waals surface area contributed by atoms with Crippen LogP contribution in [0.1, 0.15) is 28.4 Å². The number of carbonyl (C=O) groups excluding carboxylic acids is 2. The van der Waals surface area contributed by atoms with E-state index >= 15 is 0 Å². The molecule has 1 unspecified atom stereocenters. The van der Waals surface area contributed by atoms with Gasteiger partial charge in [-0.2, -0.15) is 0 Å². The third-order valence-corrected chi connectivity index (χ3v) is 2.81. The number of ether oxygens (including phenoxy) is 1. The number of rotatable bonds is 6. The van der Waals surface area contributed by atoms with Crippen LogP contribution >= 0.6 is 0 Å². The lowest BCUT2D eigenvalue weighted by Crippen LogP contribution is -2.43. The largest absolute Gasteiger partial charge is 0.490 e. The van der Waals surface area contributed by atoms with Gasteiger partial charge in [0.2, 0.25) is 11.8 Å². The van der Waals surface area contributed by atoms with E-state index in [0.29, 0.717) is 22.4 Å². The van der Waals surface area contributed by atoms with Gasteiger partial charge in [-0.25, -0.2) is 4.79 Å². The second kappa shape index (κ2) is 6.74. The zero-order chi connectivity index (χ0) is 16.2. The fraction of sp³-hybridized carbons (Fsp3) is 0.357. The summed E-state index contributed by atoms with van der Waals surface area (Å²) in [5.74, 6) is -1.72. The van der Waals surface area contributed by atoms with E-state index in [1.807, 2.05) is 0 Å². The lowest BCUT2D eigenvalue weighted by molar-refractivity contribution is -0.142. The molecule has 1 rings (SSSR count). The highest BCUT2D eigenvalue weighted by Gasteiger charge is 2.20. The Morgan fingerprint density at radius 1 is 1.29 bits per heavy atom. The number of hydrogen-bond donors (Lipinski definition) is 3. The van der Waals surface area contributed by atoms with Gasteiger partial charge in [-0.05, 0) is 37.1 Å². The van der Waals surface area contributed by atoms with Crippen LogP contribution in [0.5, 0.6) is 5.75 Å². The standard InChI is InChI=1S/C14H18N2O5/c1-7-4-10(13(15)18)5-8(2)12(7)21-6-11(14(19)20)16-9(3)17/h4-5,11H,6H2,1-3H3,(H2,15,18)(H,16,17)(H,19,20). The fourth-order valence-corrected chi connectivity index (χ4v) is 1.91. The predicted octanol–water partition coefficient (Wildman–Crippen LogP) is 0.370. The van der Waals surface area contributed by atoms with E-state index in [9.17, 15) is 14.4 Å². The van der Waals surface area contributed by atoms with Crippen molar-refractivity contribution in [2.45, 2.75) is 26.8 Å². The molecule has 7 heteroatoms. The molecule has 114 valence electrons. The molecule has 0 aromatic heterocycles. The molecule has 0 aliphatic carbocycles. The smallest absolute Gasteiger partial charge is 0.329 e. The Hall–Kier alpha value is -2.57. The molecular weight excluding hydrogens is 276 g/mol. The summed E-state index contributed by atoms with van der Waals surface area (Å²) in [5, 5.41) is 11.3. The van der Waals surface area contributed by atoms with Gasteiger partial charge >= 0.3 is 5.97 Å². The van der Waals surface area contributed by atoms with Crippen molar-refractivity contribution >= 4 is 17.8 Å². The molecule has 2 amide bonds. The Morgan fingerprint density at radius 2 is 1.81 bits per heavy atom. The highest BCUT2D eigenvalue weighted by Crippen LogP contribution is 2.24. The second-order valence-electron chi connectivity index (χ2n) is 4.71. The summed E-state index contributed by atoms with van der Waals surface area (Å²) >= 11 is 0. The molecule has 7 nitrogen and oxygen atoms in total. The Morgan fingerprint density at radius 3 is 2.19 bits per heavy atom. The first-order valence-electron chi connectivity index (χ1n) is 6.26. The molecule has 0 spiro atoms. The van der Waals surface area contributed by atoms with Crippen LogP contribution in [-0.4, -0.2) is 35.5 Å².